The van der Waals surface area contributed by atoms with E-state index >= 15 is 0 Å². The molecular formula is C14H27NO. The highest BCUT2D eigenvalue weighted by Crippen LogP contribution is 2.33. The molecule has 2 rings (SSSR count). The van der Waals surface area contributed by atoms with Gasteiger partial charge in [-0.15, -0.1) is 0 Å². The lowest BCUT2D eigenvalue weighted by Gasteiger charge is -2.42. The fourth-order valence-electron chi connectivity index (χ4n) is 3.13. The van der Waals surface area contributed by atoms with Gasteiger partial charge in [0.1, 0.15) is 0 Å². The van der Waals surface area contributed by atoms with Gasteiger partial charge in [0.2, 0.25) is 0 Å². The van der Waals surface area contributed by atoms with Crippen molar-refractivity contribution in [1.82, 2.24) is 4.90 Å². The summed E-state index contributed by atoms with van der Waals surface area (Å²) in [5.74, 6) is 0.714. The van der Waals surface area contributed by atoms with Crippen molar-refractivity contribution in [3.05, 3.63) is 0 Å². The molecule has 0 radical (unpaired) electrons. The molecule has 2 saturated carbocycles. The molecule has 16 heavy (non-hydrogen) atoms. The molecule has 0 saturated heterocycles. The van der Waals surface area contributed by atoms with Gasteiger partial charge in [-0.3, -0.25) is 4.90 Å². The van der Waals surface area contributed by atoms with Gasteiger partial charge in [-0.25, -0.2) is 0 Å². The van der Waals surface area contributed by atoms with Crippen LogP contribution in [0.15, 0.2) is 0 Å². The van der Waals surface area contributed by atoms with Crippen molar-refractivity contribution in [3.63, 3.8) is 0 Å². The predicted octanol–water partition coefficient (Wildman–Crippen LogP) is 2.80. The van der Waals surface area contributed by atoms with E-state index in [9.17, 15) is 5.11 Å². The van der Waals surface area contributed by atoms with Crippen LogP contribution < -0.4 is 0 Å². The molecule has 0 unspecified atom stereocenters. The highest BCUT2D eigenvalue weighted by atomic mass is 16.3. The standard InChI is InChI=1S/C14H27NO/c1-12(2)10-15(13-6-5-7-13)11-14(16)8-3-4-9-14/h12-13,16H,3-11H2,1-2H3. The van der Waals surface area contributed by atoms with E-state index in [2.05, 4.69) is 18.7 Å². The van der Waals surface area contributed by atoms with Crippen LogP contribution in [0.1, 0.15) is 58.8 Å². The summed E-state index contributed by atoms with van der Waals surface area (Å²) in [6.45, 7) is 6.65. The molecule has 0 aromatic carbocycles. The van der Waals surface area contributed by atoms with Gasteiger partial charge in [-0.1, -0.05) is 33.1 Å². The van der Waals surface area contributed by atoms with Gasteiger partial charge in [0, 0.05) is 19.1 Å². The third-order valence-corrected chi connectivity index (χ3v) is 4.22. The van der Waals surface area contributed by atoms with E-state index in [-0.39, 0.29) is 5.60 Å². The van der Waals surface area contributed by atoms with Crippen molar-refractivity contribution in [1.29, 1.82) is 0 Å². The van der Waals surface area contributed by atoms with Crippen molar-refractivity contribution in [2.75, 3.05) is 13.1 Å². The maximum absolute atomic E-state index is 10.5. The summed E-state index contributed by atoms with van der Waals surface area (Å²) >= 11 is 0. The Labute approximate surface area is 100 Å². The molecule has 94 valence electrons. The summed E-state index contributed by atoms with van der Waals surface area (Å²) in [6.07, 6.45) is 8.57. The van der Waals surface area contributed by atoms with Crippen molar-refractivity contribution in [2.45, 2.75) is 70.4 Å². The molecule has 0 amide bonds. The maximum Gasteiger partial charge on any atom is 0.0774 e. The van der Waals surface area contributed by atoms with Gasteiger partial charge in [-0.2, -0.15) is 0 Å². The van der Waals surface area contributed by atoms with Gasteiger partial charge in [0.25, 0.3) is 0 Å². The quantitative estimate of drug-likeness (QED) is 0.777. The second-order valence-corrected chi connectivity index (χ2v) is 6.34. The molecule has 2 aliphatic rings. The molecule has 2 aliphatic carbocycles. The van der Waals surface area contributed by atoms with E-state index in [0.29, 0.717) is 5.92 Å². The van der Waals surface area contributed by atoms with E-state index in [1.165, 1.54) is 32.1 Å². The first-order chi connectivity index (χ1) is 7.59. The van der Waals surface area contributed by atoms with Crippen LogP contribution in [0.4, 0.5) is 0 Å². The van der Waals surface area contributed by atoms with E-state index in [4.69, 9.17) is 0 Å². The third-order valence-electron chi connectivity index (χ3n) is 4.22. The Balaban J connectivity index is 1.90. The molecule has 1 N–H and O–H groups in total. The third kappa shape index (κ3) is 2.98. The maximum atomic E-state index is 10.5. The average Bonchev–Trinajstić information content (AvgIpc) is 2.47. The van der Waals surface area contributed by atoms with Crippen molar-refractivity contribution in [3.8, 4) is 0 Å². The van der Waals surface area contributed by atoms with Crippen LogP contribution in [-0.2, 0) is 0 Å². The Hall–Kier alpha value is -0.0800. The Morgan fingerprint density at radius 1 is 1.19 bits per heavy atom. The first-order valence-electron chi connectivity index (χ1n) is 7.05. The van der Waals surface area contributed by atoms with E-state index in [1.807, 2.05) is 0 Å². The lowest BCUT2D eigenvalue weighted by Crippen LogP contribution is -2.49. The Morgan fingerprint density at radius 2 is 1.81 bits per heavy atom. The minimum absolute atomic E-state index is 0.357. The lowest BCUT2D eigenvalue weighted by molar-refractivity contribution is -0.0196. The van der Waals surface area contributed by atoms with E-state index < -0.39 is 0 Å². The molecule has 0 aromatic heterocycles. The van der Waals surface area contributed by atoms with Gasteiger partial charge in [0.15, 0.2) is 0 Å². The van der Waals surface area contributed by atoms with Crippen LogP contribution in [0.5, 0.6) is 0 Å². The monoisotopic (exact) mass is 225 g/mol. The zero-order valence-electron chi connectivity index (χ0n) is 10.9. The summed E-state index contributed by atoms with van der Waals surface area (Å²) in [7, 11) is 0. The normalized spacial score (nSPS) is 25.3. The smallest absolute Gasteiger partial charge is 0.0774 e. The second-order valence-electron chi connectivity index (χ2n) is 6.34. The predicted molar refractivity (Wildman–Crippen MR) is 67.5 cm³/mol. The van der Waals surface area contributed by atoms with Crippen LogP contribution in [0, 0.1) is 5.92 Å². The number of hydrogen-bond acceptors (Lipinski definition) is 2. The molecule has 0 aliphatic heterocycles. The van der Waals surface area contributed by atoms with Crippen molar-refractivity contribution < 1.29 is 5.11 Å². The highest BCUT2D eigenvalue weighted by molar-refractivity contribution is 4.91. The molecule has 0 bridgehead atoms. The molecule has 2 nitrogen and oxygen atoms in total. The molecule has 2 heteroatoms. The zero-order valence-corrected chi connectivity index (χ0v) is 10.9. The van der Waals surface area contributed by atoms with Crippen molar-refractivity contribution >= 4 is 0 Å². The van der Waals surface area contributed by atoms with Gasteiger partial charge in [-0.05, 0) is 31.6 Å². The minimum Gasteiger partial charge on any atom is -0.389 e. The average molecular weight is 225 g/mol. The zero-order chi connectivity index (χ0) is 11.6. The van der Waals surface area contributed by atoms with Crippen LogP contribution in [0.25, 0.3) is 0 Å². The first-order valence-corrected chi connectivity index (χ1v) is 7.05. The van der Waals surface area contributed by atoms with E-state index in [1.54, 1.807) is 0 Å². The molecule has 2 fully saturated rings. The van der Waals surface area contributed by atoms with Gasteiger partial charge >= 0.3 is 0 Å². The Bertz CT molecular complexity index is 217. The first kappa shape index (κ1) is 12.4. The number of aliphatic hydroxyl groups is 1. The number of hydrogen-bond donors (Lipinski definition) is 1. The Kier molecular flexibility index (Phi) is 3.91. The molecule has 0 atom stereocenters. The highest BCUT2D eigenvalue weighted by Gasteiger charge is 2.36. The lowest BCUT2D eigenvalue weighted by atomic mass is 9.89. The van der Waals surface area contributed by atoms with Crippen LogP contribution >= 0.6 is 0 Å². The van der Waals surface area contributed by atoms with E-state index in [0.717, 1.165) is 32.0 Å². The van der Waals surface area contributed by atoms with Crippen LogP contribution in [0.2, 0.25) is 0 Å². The molecular weight excluding hydrogens is 198 g/mol. The van der Waals surface area contributed by atoms with Crippen molar-refractivity contribution in [2.24, 2.45) is 5.92 Å². The fourth-order valence-corrected chi connectivity index (χ4v) is 3.13. The van der Waals surface area contributed by atoms with Crippen LogP contribution in [0.3, 0.4) is 0 Å². The SMILES string of the molecule is CC(C)CN(CC1(O)CCCC1)C1CCC1. The summed E-state index contributed by atoms with van der Waals surface area (Å²) in [6, 6.07) is 0.770. The molecule has 0 heterocycles. The largest absolute Gasteiger partial charge is 0.389 e. The number of rotatable bonds is 5. The summed E-state index contributed by atoms with van der Waals surface area (Å²) in [5, 5.41) is 10.5. The molecule has 0 spiro atoms. The second kappa shape index (κ2) is 5.05. The van der Waals surface area contributed by atoms with Crippen LogP contribution in [-0.4, -0.2) is 34.7 Å². The topological polar surface area (TPSA) is 23.5 Å². The summed E-state index contributed by atoms with van der Waals surface area (Å²) in [5.41, 5.74) is -0.357. The summed E-state index contributed by atoms with van der Waals surface area (Å²) in [4.78, 5) is 2.57. The van der Waals surface area contributed by atoms with Gasteiger partial charge in [0.05, 0.1) is 5.60 Å². The number of nitrogens with zero attached hydrogens (tertiary/aromatic N) is 1. The molecule has 0 aromatic rings. The van der Waals surface area contributed by atoms with Gasteiger partial charge < -0.3 is 5.11 Å². The fraction of sp³-hybridized carbons (Fsp3) is 1.00. The Morgan fingerprint density at radius 3 is 2.25 bits per heavy atom. The minimum atomic E-state index is -0.357. The summed E-state index contributed by atoms with van der Waals surface area (Å²) < 4.78 is 0.